The monoisotopic (exact) mass is 319 g/mol. The summed E-state index contributed by atoms with van der Waals surface area (Å²) in [5.41, 5.74) is -0.0367. The maximum absolute atomic E-state index is 12.4. The van der Waals surface area contributed by atoms with E-state index in [1.165, 1.54) is 0 Å². The summed E-state index contributed by atoms with van der Waals surface area (Å²) in [4.78, 5) is 3.71. The van der Waals surface area contributed by atoms with Crippen LogP contribution in [0.5, 0.6) is 0 Å². The molecule has 0 aromatic carbocycles. The van der Waals surface area contributed by atoms with Gasteiger partial charge in [0, 0.05) is 5.56 Å². The van der Waals surface area contributed by atoms with Gasteiger partial charge in [-0.2, -0.15) is 0 Å². The van der Waals surface area contributed by atoms with Crippen molar-refractivity contribution < 1.29 is 13.9 Å². The van der Waals surface area contributed by atoms with Crippen molar-refractivity contribution in [3.05, 3.63) is 26.0 Å². The van der Waals surface area contributed by atoms with Crippen molar-refractivity contribution in [2.24, 2.45) is 0 Å². The molecule has 0 atom stereocenters. The van der Waals surface area contributed by atoms with Crippen LogP contribution in [-0.2, 0) is 6.61 Å². The van der Waals surface area contributed by atoms with Gasteiger partial charge in [-0.25, -0.2) is 13.8 Å². The Kier molecular flexibility index (Phi) is 3.81. The lowest BCUT2D eigenvalue weighted by molar-refractivity contribution is 0.150. The van der Waals surface area contributed by atoms with Gasteiger partial charge in [0.05, 0.1) is 15.9 Å². The molecule has 1 aromatic rings. The van der Waals surface area contributed by atoms with Gasteiger partial charge in [-0.15, -0.1) is 0 Å². The first kappa shape index (κ1) is 11.1. The molecule has 0 amide bonds. The van der Waals surface area contributed by atoms with Crippen molar-refractivity contribution in [1.82, 2.24) is 4.98 Å². The van der Waals surface area contributed by atoms with E-state index in [2.05, 4.69) is 4.98 Å². The molecule has 0 aliphatic heterocycles. The van der Waals surface area contributed by atoms with Crippen LogP contribution in [0.1, 0.15) is 17.7 Å². The molecule has 2 nitrogen and oxygen atoms in total. The van der Waals surface area contributed by atoms with Crippen molar-refractivity contribution in [2.45, 2.75) is 13.0 Å². The van der Waals surface area contributed by atoms with E-state index >= 15 is 0 Å². The highest BCUT2D eigenvalue weighted by Gasteiger charge is 2.16. The van der Waals surface area contributed by atoms with Crippen LogP contribution >= 0.6 is 34.2 Å². The Labute approximate surface area is 92.1 Å². The van der Waals surface area contributed by atoms with Gasteiger partial charge in [-0.3, -0.25) is 0 Å². The topological polar surface area (TPSA) is 33.1 Å². The number of nitrogens with zero attached hydrogens (tertiary/aromatic N) is 1. The molecule has 0 aliphatic carbocycles. The Hall–Kier alpha value is -0.0100. The van der Waals surface area contributed by atoms with Gasteiger partial charge in [-0.1, -0.05) is 11.6 Å². The molecule has 0 bridgehead atoms. The standard InChI is InChI=1S/C7H5ClF2INO/c8-6-5(11)4(7(9)10)1-3(2-13)12-6/h1,7,13H,2H2. The minimum Gasteiger partial charge on any atom is -0.390 e. The van der Waals surface area contributed by atoms with Crippen LogP contribution < -0.4 is 0 Å². The summed E-state index contributed by atoms with van der Waals surface area (Å²) in [5, 5.41) is 8.69. The van der Waals surface area contributed by atoms with E-state index < -0.39 is 13.0 Å². The van der Waals surface area contributed by atoms with Gasteiger partial charge in [0.15, 0.2) is 0 Å². The zero-order valence-corrected chi connectivity index (χ0v) is 9.18. The number of aliphatic hydroxyl groups is 1. The minimum atomic E-state index is -2.60. The van der Waals surface area contributed by atoms with Crippen LogP contribution in [0.2, 0.25) is 5.15 Å². The van der Waals surface area contributed by atoms with E-state index in [1.807, 2.05) is 0 Å². The lowest BCUT2D eigenvalue weighted by atomic mass is 10.2. The lowest BCUT2D eigenvalue weighted by Gasteiger charge is -2.06. The second kappa shape index (κ2) is 4.47. The Balaban J connectivity index is 3.25. The number of aliphatic hydroxyl groups excluding tert-OH is 1. The third-order valence-electron chi connectivity index (χ3n) is 1.40. The molecule has 1 heterocycles. The van der Waals surface area contributed by atoms with Crippen molar-refractivity contribution in [3.63, 3.8) is 0 Å². The molecule has 0 unspecified atom stereocenters. The molecule has 0 spiro atoms. The minimum absolute atomic E-state index is 0.00227. The van der Waals surface area contributed by atoms with Crippen LogP contribution in [0.25, 0.3) is 0 Å². The van der Waals surface area contributed by atoms with Crippen LogP contribution in [0.4, 0.5) is 8.78 Å². The normalized spacial score (nSPS) is 10.9. The highest BCUT2D eigenvalue weighted by molar-refractivity contribution is 14.1. The number of rotatable bonds is 2. The fraction of sp³-hybridized carbons (Fsp3) is 0.286. The molecule has 0 fully saturated rings. The van der Waals surface area contributed by atoms with Gasteiger partial charge in [0.1, 0.15) is 5.15 Å². The Morgan fingerprint density at radius 2 is 2.23 bits per heavy atom. The van der Waals surface area contributed by atoms with E-state index in [9.17, 15) is 8.78 Å². The van der Waals surface area contributed by atoms with E-state index in [0.717, 1.165) is 6.07 Å². The molecular weight excluding hydrogens is 314 g/mol. The van der Waals surface area contributed by atoms with Crippen molar-refractivity contribution in [2.75, 3.05) is 0 Å². The third kappa shape index (κ3) is 2.47. The van der Waals surface area contributed by atoms with E-state index in [4.69, 9.17) is 16.7 Å². The molecule has 1 aromatic heterocycles. The van der Waals surface area contributed by atoms with Gasteiger partial charge in [0.25, 0.3) is 6.43 Å². The fourth-order valence-electron chi connectivity index (χ4n) is 0.809. The number of hydrogen-bond donors (Lipinski definition) is 1. The molecule has 1 N–H and O–H groups in total. The molecule has 1 rings (SSSR count). The van der Waals surface area contributed by atoms with E-state index in [1.54, 1.807) is 22.6 Å². The maximum atomic E-state index is 12.4. The Morgan fingerprint density at radius 1 is 1.62 bits per heavy atom. The zero-order valence-electron chi connectivity index (χ0n) is 6.27. The van der Waals surface area contributed by atoms with E-state index in [0.29, 0.717) is 0 Å². The summed E-state index contributed by atoms with van der Waals surface area (Å²) in [5.74, 6) is 0. The first-order chi connectivity index (χ1) is 6.06. The highest BCUT2D eigenvalue weighted by atomic mass is 127. The number of halogens is 4. The van der Waals surface area contributed by atoms with Crippen LogP contribution in [0.15, 0.2) is 6.07 Å². The zero-order chi connectivity index (χ0) is 10.0. The van der Waals surface area contributed by atoms with Crippen LogP contribution in [0, 0.1) is 3.57 Å². The lowest BCUT2D eigenvalue weighted by Crippen LogP contribution is -1.98. The third-order valence-corrected chi connectivity index (χ3v) is 3.12. The molecule has 13 heavy (non-hydrogen) atoms. The van der Waals surface area contributed by atoms with Crippen LogP contribution in [0.3, 0.4) is 0 Å². The fourth-order valence-corrected chi connectivity index (χ4v) is 1.54. The quantitative estimate of drug-likeness (QED) is 0.672. The highest BCUT2D eigenvalue weighted by Crippen LogP contribution is 2.29. The van der Waals surface area contributed by atoms with Crippen molar-refractivity contribution in [3.8, 4) is 0 Å². The Bertz CT molecular complexity index is 322. The van der Waals surface area contributed by atoms with Gasteiger partial charge in [0.2, 0.25) is 0 Å². The van der Waals surface area contributed by atoms with Gasteiger partial charge < -0.3 is 5.11 Å². The first-order valence-corrected chi connectivity index (χ1v) is 4.75. The predicted octanol–water partition coefficient (Wildman–Crippen LogP) is 2.77. The number of pyridine rings is 1. The summed E-state index contributed by atoms with van der Waals surface area (Å²) in [6.45, 7) is -0.393. The summed E-state index contributed by atoms with van der Waals surface area (Å²) in [6.07, 6.45) is -2.60. The summed E-state index contributed by atoms with van der Waals surface area (Å²) >= 11 is 7.28. The maximum Gasteiger partial charge on any atom is 0.265 e. The number of hydrogen-bond acceptors (Lipinski definition) is 2. The Morgan fingerprint density at radius 3 is 2.69 bits per heavy atom. The second-order valence-electron chi connectivity index (χ2n) is 2.27. The molecule has 6 heteroatoms. The van der Waals surface area contributed by atoms with Gasteiger partial charge >= 0.3 is 0 Å². The largest absolute Gasteiger partial charge is 0.390 e. The summed E-state index contributed by atoms with van der Waals surface area (Å²) in [7, 11) is 0. The van der Waals surface area contributed by atoms with Gasteiger partial charge in [-0.05, 0) is 28.7 Å². The number of alkyl halides is 2. The average Bonchev–Trinajstić information content (AvgIpc) is 2.09. The van der Waals surface area contributed by atoms with E-state index in [-0.39, 0.29) is 20.0 Å². The second-order valence-corrected chi connectivity index (χ2v) is 3.70. The predicted molar refractivity (Wildman–Crippen MR) is 52.8 cm³/mol. The molecule has 0 aliphatic rings. The van der Waals surface area contributed by atoms with Crippen molar-refractivity contribution in [1.29, 1.82) is 0 Å². The number of aromatic nitrogens is 1. The molecular formula is C7H5ClF2INO. The summed E-state index contributed by atoms with van der Waals surface area (Å²) in [6, 6.07) is 1.15. The molecule has 0 saturated carbocycles. The van der Waals surface area contributed by atoms with Crippen molar-refractivity contribution >= 4 is 34.2 Å². The SMILES string of the molecule is OCc1cc(C(F)F)c(I)c(Cl)n1. The average molecular weight is 319 g/mol. The first-order valence-electron chi connectivity index (χ1n) is 3.30. The summed E-state index contributed by atoms with van der Waals surface area (Å²) < 4.78 is 24.9. The molecule has 72 valence electrons. The molecule has 0 saturated heterocycles. The van der Waals surface area contributed by atoms with Crippen LogP contribution in [-0.4, -0.2) is 10.1 Å². The smallest absolute Gasteiger partial charge is 0.265 e. The molecule has 0 radical (unpaired) electrons.